The van der Waals surface area contributed by atoms with Crippen molar-refractivity contribution < 1.29 is 5.11 Å². The van der Waals surface area contributed by atoms with E-state index in [1.165, 1.54) is 11.1 Å². The molecule has 1 nitrogen and oxygen atoms in total. The molecule has 0 aliphatic heterocycles. The Kier molecular flexibility index (Phi) is 5.00. The van der Waals surface area contributed by atoms with Crippen molar-refractivity contribution in [3.05, 3.63) is 68.7 Å². The van der Waals surface area contributed by atoms with Gasteiger partial charge in [0.05, 0.1) is 0 Å². The van der Waals surface area contributed by atoms with Gasteiger partial charge in [-0.15, -0.1) is 0 Å². The molecule has 0 aromatic heterocycles. The molecule has 2 heteroatoms. The van der Waals surface area contributed by atoms with Crippen molar-refractivity contribution in [1.29, 1.82) is 0 Å². The van der Waals surface area contributed by atoms with Gasteiger partial charge in [0.2, 0.25) is 0 Å². The summed E-state index contributed by atoms with van der Waals surface area (Å²) in [6.45, 7) is 6.31. The third kappa shape index (κ3) is 2.97. The highest BCUT2D eigenvalue weighted by Gasteiger charge is 2.17. The van der Waals surface area contributed by atoms with Gasteiger partial charge in [0.15, 0.2) is 0 Å². The van der Waals surface area contributed by atoms with E-state index in [0.717, 1.165) is 34.0 Å². The summed E-state index contributed by atoms with van der Waals surface area (Å²) in [6.07, 6.45) is 1.36. The Morgan fingerprint density at radius 1 is 1.05 bits per heavy atom. The van der Waals surface area contributed by atoms with Crippen LogP contribution in [0.3, 0.4) is 0 Å². The van der Waals surface area contributed by atoms with Crippen LogP contribution in [-0.4, -0.2) is 5.11 Å². The maximum Gasteiger partial charge on any atom is 0.105 e. The van der Waals surface area contributed by atoms with Gasteiger partial charge in [-0.3, -0.25) is 0 Å². The fraction of sp³-hybridized carbons (Fsp3) is 0.333. The molecule has 106 valence electrons. The third-order valence-electron chi connectivity index (χ3n) is 3.90. The third-order valence-corrected chi connectivity index (χ3v) is 4.76. The lowest BCUT2D eigenvalue weighted by Crippen LogP contribution is -2.06. The van der Waals surface area contributed by atoms with E-state index >= 15 is 0 Å². The minimum absolute atomic E-state index is 0.561. The summed E-state index contributed by atoms with van der Waals surface area (Å²) in [5, 5.41) is 10.8. The SMILES string of the molecule is CCc1ccc(CC)c(C(O)c2cccc(Br)c2C)c1. The van der Waals surface area contributed by atoms with Crippen LogP contribution in [0.1, 0.15) is 47.8 Å². The average Bonchev–Trinajstić information content (AvgIpc) is 2.48. The maximum atomic E-state index is 10.8. The minimum Gasteiger partial charge on any atom is -0.384 e. The Bertz CT molecular complexity index is 604. The van der Waals surface area contributed by atoms with E-state index in [1.54, 1.807) is 0 Å². The zero-order valence-electron chi connectivity index (χ0n) is 12.3. The fourth-order valence-corrected chi connectivity index (χ4v) is 2.91. The van der Waals surface area contributed by atoms with Crippen molar-refractivity contribution in [3.63, 3.8) is 0 Å². The highest BCUT2D eigenvalue weighted by atomic mass is 79.9. The summed E-state index contributed by atoms with van der Waals surface area (Å²) in [5.41, 5.74) is 5.59. The molecule has 0 aliphatic carbocycles. The number of halogens is 1. The van der Waals surface area contributed by atoms with Crippen LogP contribution in [0, 0.1) is 6.92 Å². The number of hydrogen-bond acceptors (Lipinski definition) is 1. The van der Waals surface area contributed by atoms with Gasteiger partial charge in [0.1, 0.15) is 6.10 Å². The molecule has 0 bridgehead atoms. The quantitative estimate of drug-likeness (QED) is 0.838. The molecule has 2 aromatic carbocycles. The standard InChI is InChI=1S/C18H21BrO/c1-4-13-9-10-14(5-2)16(11-13)18(20)15-7-6-8-17(19)12(15)3/h6-11,18,20H,4-5H2,1-3H3. The van der Waals surface area contributed by atoms with Crippen molar-refractivity contribution in [2.75, 3.05) is 0 Å². The van der Waals surface area contributed by atoms with E-state index in [2.05, 4.69) is 48.0 Å². The van der Waals surface area contributed by atoms with Crippen LogP contribution in [-0.2, 0) is 12.8 Å². The van der Waals surface area contributed by atoms with Crippen molar-refractivity contribution in [2.24, 2.45) is 0 Å². The summed E-state index contributed by atoms with van der Waals surface area (Å²) in [7, 11) is 0. The first-order chi connectivity index (χ1) is 9.58. The van der Waals surface area contributed by atoms with Crippen LogP contribution in [0.5, 0.6) is 0 Å². The van der Waals surface area contributed by atoms with Crippen molar-refractivity contribution in [3.8, 4) is 0 Å². The summed E-state index contributed by atoms with van der Waals surface area (Å²) >= 11 is 3.54. The topological polar surface area (TPSA) is 20.2 Å². The summed E-state index contributed by atoms with van der Waals surface area (Å²) in [6, 6.07) is 12.4. The van der Waals surface area contributed by atoms with Gasteiger partial charge in [0, 0.05) is 4.47 Å². The molecule has 0 spiro atoms. The van der Waals surface area contributed by atoms with E-state index in [9.17, 15) is 5.11 Å². The number of benzene rings is 2. The average molecular weight is 333 g/mol. The molecule has 2 aromatic rings. The second-order valence-corrected chi connectivity index (χ2v) is 5.95. The fourth-order valence-electron chi connectivity index (χ4n) is 2.53. The number of aliphatic hydroxyl groups is 1. The lowest BCUT2D eigenvalue weighted by molar-refractivity contribution is 0.218. The number of aryl methyl sites for hydroxylation is 2. The number of hydrogen-bond donors (Lipinski definition) is 1. The molecule has 0 amide bonds. The first-order valence-electron chi connectivity index (χ1n) is 7.13. The molecule has 0 aliphatic rings. The first-order valence-corrected chi connectivity index (χ1v) is 7.92. The van der Waals surface area contributed by atoms with E-state index in [0.29, 0.717) is 0 Å². The smallest absolute Gasteiger partial charge is 0.105 e. The molecule has 1 atom stereocenters. The Labute approximate surface area is 129 Å². The van der Waals surface area contributed by atoms with Crippen LogP contribution in [0.25, 0.3) is 0 Å². The van der Waals surface area contributed by atoms with E-state index in [-0.39, 0.29) is 0 Å². The highest BCUT2D eigenvalue weighted by Crippen LogP contribution is 2.31. The molecule has 0 fully saturated rings. The number of aliphatic hydroxyl groups excluding tert-OH is 1. The molecule has 20 heavy (non-hydrogen) atoms. The molecule has 1 unspecified atom stereocenters. The van der Waals surface area contributed by atoms with Gasteiger partial charge in [-0.25, -0.2) is 0 Å². The van der Waals surface area contributed by atoms with Gasteiger partial charge < -0.3 is 5.11 Å². The molecular formula is C18H21BrO. The zero-order chi connectivity index (χ0) is 14.7. The minimum atomic E-state index is -0.561. The van der Waals surface area contributed by atoms with Gasteiger partial charge in [-0.1, -0.05) is 60.1 Å². The Balaban J connectivity index is 2.51. The van der Waals surface area contributed by atoms with E-state index in [4.69, 9.17) is 0 Å². The molecule has 0 radical (unpaired) electrons. The van der Waals surface area contributed by atoms with Gasteiger partial charge in [0.25, 0.3) is 0 Å². The Morgan fingerprint density at radius 3 is 2.45 bits per heavy atom. The summed E-state index contributed by atoms with van der Waals surface area (Å²) < 4.78 is 1.04. The van der Waals surface area contributed by atoms with E-state index in [1.807, 2.05) is 25.1 Å². The summed E-state index contributed by atoms with van der Waals surface area (Å²) in [5.74, 6) is 0. The van der Waals surface area contributed by atoms with Crippen LogP contribution < -0.4 is 0 Å². The molecule has 1 N–H and O–H groups in total. The molecule has 2 rings (SSSR count). The predicted molar refractivity (Wildman–Crippen MR) is 88.1 cm³/mol. The Hall–Kier alpha value is -1.12. The molecule has 0 heterocycles. The zero-order valence-corrected chi connectivity index (χ0v) is 13.9. The molecular weight excluding hydrogens is 312 g/mol. The monoisotopic (exact) mass is 332 g/mol. The summed E-state index contributed by atoms with van der Waals surface area (Å²) in [4.78, 5) is 0. The lowest BCUT2D eigenvalue weighted by Gasteiger charge is -2.19. The lowest BCUT2D eigenvalue weighted by atomic mass is 9.91. The molecule has 0 saturated carbocycles. The van der Waals surface area contributed by atoms with Crippen LogP contribution in [0.2, 0.25) is 0 Å². The Morgan fingerprint density at radius 2 is 1.80 bits per heavy atom. The van der Waals surface area contributed by atoms with Gasteiger partial charge in [-0.05, 0) is 53.6 Å². The molecule has 0 saturated heterocycles. The highest BCUT2D eigenvalue weighted by molar-refractivity contribution is 9.10. The largest absolute Gasteiger partial charge is 0.384 e. The van der Waals surface area contributed by atoms with Crippen molar-refractivity contribution in [1.82, 2.24) is 0 Å². The van der Waals surface area contributed by atoms with Gasteiger partial charge >= 0.3 is 0 Å². The second kappa shape index (κ2) is 6.55. The maximum absolute atomic E-state index is 10.8. The first kappa shape index (κ1) is 15.3. The van der Waals surface area contributed by atoms with Crippen molar-refractivity contribution >= 4 is 15.9 Å². The van der Waals surface area contributed by atoms with Crippen LogP contribution in [0.4, 0.5) is 0 Å². The van der Waals surface area contributed by atoms with E-state index < -0.39 is 6.10 Å². The van der Waals surface area contributed by atoms with Crippen LogP contribution >= 0.6 is 15.9 Å². The predicted octanol–water partition coefficient (Wildman–Crippen LogP) is 4.96. The van der Waals surface area contributed by atoms with Gasteiger partial charge in [-0.2, -0.15) is 0 Å². The van der Waals surface area contributed by atoms with Crippen LogP contribution in [0.15, 0.2) is 40.9 Å². The normalized spacial score (nSPS) is 12.4. The number of rotatable bonds is 4. The second-order valence-electron chi connectivity index (χ2n) is 5.10. The van der Waals surface area contributed by atoms with Crippen molar-refractivity contribution in [2.45, 2.75) is 39.7 Å².